The first-order valence-corrected chi connectivity index (χ1v) is 7.50. The minimum atomic E-state index is -1.10. The minimum absolute atomic E-state index is 0.0112. The molecule has 1 N–H and O–H groups in total. The second-order valence-corrected chi connectivity index (χ2v) is 5.50. The molecule has 0 spiro atoms. The summed E-state index contributed by atoms with van der Waals surface area (Å²) >= 11 is 11.3. The van der Waals surface area contributed by atoms with Crippen molar-refractivity contribution in [1.29, 1.82) is 0 Å². The van der Waals surface area contributed by atoms with Crippen LogP contribution in [0.4, 0.5) is 0 Å². The molecule has 1 aromatic heterocycles. The molecule has 1 aromatic carbocycles. The van der Waals surface area contributed by atoms with Crippen LogP contribution in [-0.2, 0) is 11.3 Å². The summed E-state index contributed by atoms with van der Waals surface area (Å²) in [4.78, 5) is 35.6. The second-order valence-electron chi connectivity index (χ2n) is 4.75. The number of aromatic nitrogens is 3. The number of hydrogen-bond donors (Lipinski definition) is 1. The summed E-state index contributed by atoms with van der Waals surface area (Å²) in [5, 5.41) is 12.5. The van der Waals surface area contributed by atoms with Crippen molar-refractivity contribution in [2.45, 2.75) is 19.3 Å². The van der Waals surface area contributed by atoms with Crippen molar-refractivity contribution in [3.8, 4) is 5.69 Å². The van der Waals surface area contributed by atoms with Gasteiger partial charge in [0.05, 0.1) is 16.3 Å². The Hall–Kier alpha value is -2.00. The fraction of sp³-hybridized carbons (Fsp3) is 0.286. The molecule has 0 amide bonds. The third-order valence-electron chi connectivity index (χ3n) is 3.24. The number of carbonyl (C=O) groups excluding carboxylic acids is 1. The van der Waals surface area contributed by atoms with E-state index in [1.807, 2.05) is 0 Å². The largest absolute Gasteiger partial charge is 0.368 e. The van der Waals surface area contributed by atoms with Crippen molar-refractivity contribution in [1.82, 2.24) is 14.3 Å². The highest BCUT2D eigenvalue weighted by atomic mass is 35.5. The highest BCUT2D eigenvalue weighted by molar-refractivity contribution is 6.68. The second kappa shape index (κ2) is 7.71. The fourth-order valence-electron chi connectivity index (χ4n) is 1.97. The van der Waals surface area contributed by atoms with E-state index in [1.54, 1.807) is 0 Å². The van der Waals surface area contributed by atoms with Gasteiger partial charge in [0, 0.05) is 20.1 Å². The molecule has 1 unspecified atom stereocenters. The SMILES string of the molecule is COC(O)CCn1c(=O)cnn(-c2ccc(Cl)c(C(=O)Cl)c2)c1=O. The lowest BCUT2D eigenvalue weighted by Crippen LogP contribution is -2.40. The number of aliphatic hydroxyl groups is 1. The van der Waals surface area contributed by atoms with E-state index >= 15 is 0 Å². The van der Waals surface area contributed by atoms with Gasteiger partial charge in [-0.2, -0.15) is 9.78 Å². The molecule has 0 aliphatic carbocycles. The summed E-state index contributed by atoms with van der Waals surface area (Å²) in [6, 6.07) is 4.15. The van der Waals surface area contributed by atoms with Crippen LogP contribution in [0.2, 0.25) is 5.02 Å². The summed E-state index contributed by atoms with van der Waals surface area (Å²) in [5.41, 5.74) is -1.13. The maximum absolute atomic E-state index is 12.4. The van der Waals surface area contributed by atoms with Crippen LogP contribution in [0, 0.1) is 0 Å². The molecule has 0 bridgehead atoms. The molecule has 2 aromatic rings. The van der Waals surface area contributed by atoms with Crippen LogP contribution < -0.4 is 11.2 Å². The van der Waals surface area contributed by atoms with Gasteiger partial charge in [-0.3, -0.25) is 14.2 Å². The highest BCUT2D eigenvalue weighted by Crippen LogP contribution is 2.20. The Morgan fingerprint density at radius 1 is 1.42 bits per heavy atom. The maximum atomic E-state index is 12.4. The van der Waals surface area contributed by atoms with Crippen LogP contribution in [0.25, 0.3) is 5.69 Å². The lowest BCUT2D eigenvalue weighted by atomic mass is 10.2. The number of ether oxygens (including phenoxy) is 1. The van der Waals surface area contributed by atoms with Gasteiger partial charge in [0.25, 0.3) is 10.8 Å². The summed E-state index contributed by atoms with van der Waals surface area (Å²) < 4.78 is 6.50. The van der Waals surface area contributed by atoms with E-state index in [0.29, 0.717) is 0 Å². The predicted molar refractivity (Wildman–Crippen MR) is 86.9 cm³/mol. The minimum Gasteiger partial charge on any atom is -0.368 e. The topological polar surface area (TPSA) is 103 Å². The third kappa shape index (κ3) is 3.90. The molecule has 1 atom stereocenters. The standard InChI is InChI=1S/C14H13Cl2N3O5/c1-24-12(21)4-5-18-11(20)7-17-19(14(18)23)8-2-3-10(15)9(6-8)13(16)22/h2-3,6-7,12,21H,4-5H2,1H3. The van der Waals surface area contributed by atoms with E-state index in [-0.39, 0.29) is 29.2 Å². The molecule has 1 heterocycles. The zero-order chi connectivity index (χ0) is 17.9. The first-order chi connectivity index (χ1) is 11.3. The summed E-state index contributed by atoms with van der Waals surface area (Å²) in [7, 11) is 1.30. The van der Waals surface area contributed by atoms with E-state index in [4.69, 9.17) is 23.2 Å². The van der Waals surface area contributed by atoms with E-state index in [0.717, 1.165) is 15.4 Å². The molecule has 10 heteroatoms. The van der Waals surface area contributed by atoms with Crippen molar-refractivity contribution in [2.75, 3.05) is 7.11 Å². The van der Waals surface area contributed by atoms with E-state index < -0.39 is 22.8 Å². The molecule has 0 saturated heterocycles. The van der Waals surface area contributed by atoms with Crippen LogP contribution in [0.5, 0.6) is 0 Å². The number of carbonyl (C=O) groups is 1. The Morgan fingerprint density at radius 3 is 2.75 bits per heavy atom. The number of rotatable bonds is 6. The molecular formula is C14H13Cl2N3O5. The molecule has 0 radical (unpaired) electrons. The van der Waals surface area contributed by atoms with Gasteiger partial charge in [-0.1, -0.05) is 11.6 Å². The Kier molecular flexibility index (Phi) is 5.89. The molecule has 0 aliphatic rings. The van der Waals surface area contributed by atoms with Gasteiger partial charge in [-0.05, 0) is 29.8 Å². The smallest absolute Gasteiger partial charge is 0.352 e. The first-order valence-electron chi connectivity index (χ1n) is 6.75. The van der Waals surface area contributed by atoms with Crippen molar-refractivity contribution < 1.29 is 14.6 Å². The monoisotopic (exact) mass is 373 g/mol. The molecular weight excluding hydrogens is 361 g/mol. The van der Waals surface area contributed by atoms with E-state index in [1.165, 1.54) is 25.3 Å². The van der Waals surface area contributed by atoms with Gasteiger partial charge in [0.15, 0.2) is 6.29 Å². The Morgan fingerprint density at radius 2 is 2.12 bits per heavy atom. The quantitative estimate of drug-likeness (QED) is 0.592. The van der Waals surface area contributed by atoms with Crippen molar-refractivity contribution in [3.05, 3.63) is 55.8 Å². The lowest BCUT2D eigenvalue weighted by Gasteiger charge is -2.11. The van der Waals surface area contributed by atoms with Gasteiger partial charge in [0.2, 0.25) is 0 Å². The molecule has 2 rings (SSSR count). The van der Waals surface area contributed by atoms with Gasteiger partial charge >= 0.3 is 5.69 Å². The zero-order valence-corrected chi connectivity index (χ0v) is 14.0. The average molecular weight is 374 g/mol. The highest BCUT2D eigenvalue weighted by Gasteiger charge is 2.14. The normalized spacial score (nSPS) is 12.2. The number of aliphatic hydroxyl groups excluding tert-OH is 1. The van der Waals surface area contributed by atoms with Crippen LogP contribution in [0.3, 0.4) is 0 Å². The molecule has 8 nitrogen and oxygen atoms in total. The van der Waals surface area contributed by atoms with Gasteiger partial charge < -0.3 is 9.84 Å². The van der Waals surface area contributed by atoms with E-state index in [2.05, 4.69) is 9.84 Å². The van der Waals surface area contributed by atoms with Crippen molar-refractivity contribution >= 4 is 28.4 Å². The Labute approximate surface area is 145 Å². The molecule has 128 valence electrons. The zero-order valence-electron chi connectivity index (χ0n) is 12.5. The van der Waals surface area contributed by atoms with Crippen LogP contribution >= 0.6 is 23.2 Å². The van der Waals surface area contributed by atoms with E-state index in [9.17, 15) is 19.5 Å². The molecule has 0 aliphatic heterocycles. The Balaban J connectivity index is 2.49. The maximum Gasteiger partial charge on any atom is 0.352 e. The number of halogens is 2. The average Bonchev–Trinajstić information content (AvgIpc) is 2.55. The number of nitrogens with zero attached hydrogens (tertiary/aromatic N) is 3. The molecule has 0 fully saturated rings. The molecule has 0 saturated carbocycles. The van der Waals surface area contributed by atoms with Gasteiger partial charge in [-0.25, -0.2) is 4.79 Å². The summed E-state index contributed by atoms with van der Waals surface area (Å²) in [6.07, 6.45) is -0.104. The fourth-order valence-corrected chi connectivity index (χ4v) is 2.38. The number of methoxy groups -OCH3 is 1. The Bertz CT molecular complexity index is 877. The van der Waals surface area contributed by atoms with Crippen LogP contribution in [0.1, 0.15) is 16.8 Å². The predicted octanol–water partition coefficient (Wildman–Crippen LogP) is 0.781. The third-order valence-corrected chi connectivity index (χ3v) is 3.77. The van der Waals surface area contributed by atoms with Gasteiger partial charge in [-0.15, -0.1) is 0 Å². The van der Waals surface area contributed by atoms with Gasteiger partial charge in [0.1, 0.15) is 6.20 Å². The van der Waals surface area contributed by atoms with Crippen molar-refractivity contribution in [3.63, 3.8) is 0 Å². The van der Waals surface area contributed by atoms with Crippen LogP contribution in [0.15, 0.2) is 34.0 Å². The molecule has 24 heavy (non-hydrogen) atoms. The lowest BCUT2D eigenvalue weighted by molar-refractivity contribution is -0.0805. The summed E-state index contributed by atoms with van der Waals surface area (Å²) in [5.74, 6) is 0. The van der Waals surface area contributed by atoms with Crippen molar-refractivity contribution in [2.24, 2.45) is 0 Å². The van der Waals surface area contributed by atoms with Crippen LogP contribution in [-0.4, -0.2) is 38.1 Å². The summed E-state index contributed by atoms with van der Waals surface area (Å²) in [6.45, 7) is -0.0654. The number of benzene rings is 1. The first kappa shape index (κ1) is 18.3. The number of hydrogen-bond acceptors (Lipinski definition) is 6.